The van der Waals surface area contributed by atoms with Crippen molar-refractivity contribution < 1.29 is 9.53 Å². The van der Waals surface area contributed by atoms with Crippen molar-refractivity contribution in [1.82, 2.24) is 10.6 Å². The number of nitrogens with one attached hydrogen (secondary N) is 2. The van der Waals surface area contributed by atoms with Gasteiger partial charge in [-0.25, -0.2) is 0 Å². The highest BCUT2D eigenvalue weighted by Crippen LogP contribution is 2.18. The Hall–Kier alpha value is -0.970. The van der Waals surface area contributed by atoms with Crippen LogP contribution in [0.25, 0.3) is 0 Å². The van der Waals surface area contributed by atoms with Gasteiger partial charge in [0, 0.05) is 10.9 Å². The third-order valence-corrected chi connectivity index (χ3v) is 3.87. The van der Waals surface area contributed by atoms with E-state index in [0.29, 0.717) is 17.5 Å². The minimum atomic E-state index is -0.0934. The minimum Gasteiger partial charge on any atom is -0.489 e. The number of halogens is 2. The molecule has 0 bridgehead atoms. The Labute approximate surface area is 137 Å². The van der Waals surface area contributed by atoms with Crippen molar-refractivity contribution in [2.75, 3.05) is 19.6 Å². The molecule has 0 radical (unpaired) electrons. The third-order valence-electron chi connectivity index (χ3n) is 3.63. The Morgan fingerprint density at radius 2 is 2.19 bits per heavy atom. The first-order chi connectivity index (χ1) is 9.56. The van der Waals surface area contributed by atoms with Crippen LogP contribution in [0.15, 0.2) is 24.3 Å². The molecule has 1 aliphatic rings. The molecular formula is C15H22Cl2N2O2. The highest BCUT2D eigenvalue weighted by molar-refractivity contribution is 6.30. The van der Waals surface area contributed by atoms with Crippen LogP contribution in [0.2, 0.25) is 5.02 Å². The topological polar surface area (TPSA) is 50.4 Å². The average Bonchev–Trinajstić information content (AvgIpc) is 2.33. The summed E-state index contributed by atoms with van der Waals surface area (Å²) in [6, 6.07) is 7.26. The van der Waals surface area contributed by atoms with Crippen molar-refractivity contribution in [1.29, 1.82) is 0 Å². The maximum absolute atomic E-state index is 12.0. The van der Waals surface area contributed by atoms with Crippen molar-refractivity contribution in [3.63, 3.8) is 0 Å². The molecule has 0 spiro atoms. The van der Waals surface area contributed by atoms with E-state index in [2.05, 4.69) is 10.6 Å². The van der Waals surface area contributed by atoms with Gasteiger partial charge in [0.25, 0.3) is 0 Å². The molecule has 0 aliphatic carbocycles. The first-order valence-electron chi connectivity index (χ1n) is 6.97. The smallest absolute Gasteiger partial charge is 0.223 e. The van der Waals surface area contributed by atoms with E-state index < -0.39 is 0 Å². The van der Waals surface area contributed by atoms with Gasteiger partial charge in [-0.05, 0) is 44.1 Å². The maximum atomic E-state index is 12.0. The number of ether oxygens (including phenoxy) is 1. The van der Waals surface area contributed by atoms with E-state index in [1.54, 1.807) is 12.1 Å². The zero-order valence-electron chi connectivity index (χ0n) is 12.3. The van der Waals surface area contributed by atoms with Gasteiger partial charge in [0.05, 0.1) is 6.54 Å². The van der Waals surface area contributed by atoms with Gasteiger partial charge in [-0.1, -0.05) is 24.6 Å². The Balaban J connectivity index is 0.00000220. The van der Waals surface area contributed by atoms with Gasteiger partial charge < -0.3 is 15.4 Å². The lowest BCUT2D eigenvalue weighted by Gasteiger charge is -2.32. The molecule has 2 atom stereocenters. The molecule has 1 saturated heterocycles. The molecule has 1 aromatic carbocycles. The summed E-state index contributed by atoms with van der Waals surface area (Å²) in [5.74, 6) is 1.32. The van der Waals surface area contributed by atoms with Crippen molar-refractivity contribution in [3.05, 3.63) is 29.3 Å². The number of hydrogen-bond acceptors (Lipinski definition) is 3. The summed E-state index contributed by atoms with van der Waals surface area (Å²) in [6.45, 7) is 6.27. The van der Waals surface area contributed by atoms with Crippen LogP contribution < -0.4 is 15.4 Å². The Kier molecular flexibility index (Phi) is 7.29. The van der Waals surface area contributed by atoms with Gasteiger partial charge in [-0.2, -0.15) is 0 Å². The van der Waals surface area contributed by atoms with Gasteiger partial charge in [0.1, 0.15) is 11.9 Å². The summed E-state index contributed by atoms with van der Waals surface area (Å²) < 4.78 is 5.71. The number of hydrogen-bond donors (Lipinski definition) is 2. The molecule has 4 nitrogen and oxygen atoms in total. The van der Waals surface area contributed by atoms with E-state index in [4.69, 9.17) is 16.3 Å². The Bertz CT molecular complexity index is 467. The molecule has 2 N–H and O–H groups in total. The summed E-state index contributed by atoms with van der Waals surface area (Å²) in [5.41, 5.74) is 0. The second-order valence-electron chi connectivity index (χ2n) is 5.34. The Morgan fingerprint density at radius 3 is 2.76 bits per heavy atom. The number of amides is 1. The summed E-state index contributed by atoms with van der Waals surface area (Å²) in [7, 11) is 0. The van der Waals surface area contributed by atoms with Crippen LogP contribution in [0.5, 0.6) is 5.75 Å². The molecular weight excluding hydrogens is 311 g/mol. The van der Waals surface area contributed by atoms with E-state index in [9.17, 15) is 4.79 Å². The highest BCUT2D eigenvalue weighted by atomic mass is 35.5. The van der Waals surface area contributed by atoms with Crippen LogP contribution in [-0.4, -0.2) is 31.6 Å². The number of benzene rings is 1. The zero-order chi connectivity index (χ0) is 14.5. The van der Waals surface area contributed by atoms with E-state index in [0.717, 1.165) is 18.8 Å². The van der Waals surface area contributed by atoms with Gasteiger partial charge in [0.15, 0.2) is 0 Å². The maximum Gasteiger partial charge on any atom is 0.223 e. The fraction of sp³-hybridized carbons (Fsp3) is 0.533. The summed E-state index contributed by atoms with van der Waals surface area (Å²) in [5, 5.41) is 6.77. The molecule has 0 saturated carbocycles. The van der Waals surface area contributed by atoms with E-state index in [-0.39, 0.29) is 30.3 Å². The van der Waals surface area contributed by atoms with E-state index in [1.807, 2.05) is 26.0 Å². The molecule has 21 heavy (non-hydrogen) atoms. The van der Waals surface area contributed by atoms with E-state index in [1.165, 1.54) is 0 Å². The van der Waals surface area contributed by atoms with Crippen LogP contribution in [0.4, 0.5) is 0 Å². The molecule has 118 valence electrons. The molecule has 2 rings (SSSR count). The van der Waals surface area contributed by atoms with Gasteiger partial charge in [-0.3, -0.25) is 4.79 Å². The second kappa shape index (κ2) is 8.47. The molecule has 1 aromatic rings. The molecule has 1 heterocycles. The first kappa shape index (κ1) is 18.1. The summed E-state index contributed by atoms with van der Waals surface area (Å²) >= 11 is 5.90. The molecule has 2 unspecified atom stereocenters. The first-order valence-corrected chi connectivity index (χ1v) is 7.34. The lowest BCUT2D eigenvalue weighted by molar-refractivity contribution is -0.127. The monoisotopic (exact) mass is 332 g/mol. The van der Waals surface area contributed by atoms with Crippen molar-refractivity contribution in [3.8, 4) is 5.75 Å². The van der Waals surface area contributed by atoms with Gasteiger partial charge in [0.2, 0.25) is 5.91 Å². The minimum absolute atomic E-state index is 0. The normalized spacial score (nSPS) is 17.1. The summed E-state index contributed by atoms with van der Waals surface area (Å²) in [6.07, 6.45) is -0.0934. The number of carbonyl (C=O) groups is 1. The SMILES string of the molecule is CC(CNC(=O)C(C)C1CNC1)Oc1cccc(Cl)c1.Cl. The number of carbonyl (C=O) groups excluding carboxylic acids is 1. The lowest BCUT2D eigenvalue weighted by Crippen LogP contribution is -2.50. The fourth-order valence-corrected chi connectivity index (χ4v) is 2.28. The largest absolute Gasteiger partial charge is 0.489 e. The zero-order valence-corrected chi connectivity index (χ0v) is 13.8. The van der Waals surface area contributed by atoms with Gasteiger partial charge in [-0.15, -0.1) is 12.4 Å². The standard InChI is InChI=1S/C15H21ClN2O2.ClH/c1-10(20-14-5-3-4-13(16)6-14)7-18-15(19)11(2)12-8-17-9-12;/h3-6,10-12,17H,7-9H2,1-2H3,(H,18,19);1H. The van der Waals surface area contributed by atoms with Gasteiger partial charge >= 0.3 is 0 Å². The predicted octanol–water partition coefficient (Wildman–Crippen LogP) is 2.50. The quantitative estimate of drug-likeness (QED) is 0.841. The Morgan fingerprint density at radius 1 is 1.48 bits per heavy atom. The molecule has 1 amide bonds. The summed E-state index contributed by atoms with van der Waals surface area (Å²) in [4.78, 5) is 12.0. The second-order valence-corrected chi connectivity index (χ2v) is 5.77. The van der Waals surface area contributed by atoms with Crippen LogP contribution in [0, 0.1) is 11.8 Å². The molecule has 1 fully saturated rings. The molecule has 6 heteroatoms. The molecule has 1 aliphatic heterocycles. The number of rotatable bonds is 6. The van der Waals surface area contributed by atoms with Crippen LogP contribution in [0.1, 0.15) is 13.8 Å². The van der Waals surface area contributed by atoms with Crippen molar-refractivity contribution in [2.24, 2.45) is 11.8 Å². The lowest BCUT2D eigenvalue weighted by atomic mass is 9.88. The third kappa shape index (κ3) is 5.38. The van der Waals surface area contributed by atoms with Crippen LogP contribution in [-0.2, 0) is 4.79 Å². The van der Waals surface area contributed by atoms with Crippen molar-refractivity contribution in [2.45, 2.75) is 20.0 Å². The van der Waals surface area contributed by atoms with Crippen molar-refractivity contribution >= 4 is 29.9 Å². The van der Waals surface area contributed by atoms with E-state index >= 15 is 0 Å². The highest BCUT2D eigenvalue weighted by Gasteiger charge is 2.28. The molecule has 0 aromatic heterocycles. The fourth-order valence-electron chi connectivity index (χ4n) is 2.10. The van der Waals surface area contributed by atoms with Crippen LogP contribution in [0.3, 0.4) is 0 Å². The predicted molar refractivity (Wildman–Crippen MR) is 87.3 cm³/mol. The average molecular weight is 333 g/mol. The van der Waals surface area contributed by atoms with Crippen LogP contribution >= 0.6 is 24.0 Å².